The van der Waals surface area contributed by atoms with Crippen LogP contribution in [0.1, 0.15) is 19.3 Å². The lowest BCUT2D eigenvalue weighted by atomic mass is 10.0. The molecule has 158 valence electrons. The number of rotatable bonds is 7. The molecule has 0 bridgehead atoms. The zero-order valence-corrected chi connectivity index (χ0v) is 17.7. The van der Waals surface area contributed by atoms with Crippen molar-refractivity contribution in [1.82, 2.24) is 9.21 Å². The summed E-state index contributed by atoms with van der Waals surface area (Å²) in [6, 6.07) is 3.66. The molecule has 28 heavy (non-hydrogen) atoms. The number of likely N-dealkylation sites (tertiary alicyclic amines) is 1. The van der Waals surface area contributed by atoms with Crippen molar-refractivity contribution in [1.29, 1.82) is 0 Å². The van der Waals surface area contributed by atoms with E-state index in [1.54, 1.807) is 4.90 Å². The predicted octanol–water partition coefficient (Wildman–Crippen LogP) is 1.24. The summed E-state index contributed by atoms with van der Waals surface area (Å²) in [5.41, 5.74) is 0.296. The first-order valence-corrected chi connectivity index (χ1v) is 9.98. The Balaban J connectivity index is 0.00000392. The van der Waals surface area contributed by atoms with Crippen molar-refractivity contribution < 1.29 is 27.9 Å². The highest BCUT2D eigenvalue weighted by atomic mass is 35.5. The highest BCUT2D eigenvalue weighted by Gasteiger charge is 2.30. The number of nitrogens with one attached hydrogen (secondary N) is 1. The van der Waals surface area contributed by atoms with Gasteiger partial charge in [0.15, 0.2) is 0 Å². The number of carbonyl (C=O) groups excluding carboxylic acids is 1. The van der Waals surface area contributed by atoms with Crippen LogP contribution < -0.4 is 10.1 Å². The van der Waals surface area contributed by atoms with Crippen LogP contribution in [-0.2, 0) is 19.6 Å². The highest BCUT2D eigenvalue weighted by Crippen LogP contribution is 2.29. The van der Waals surface area contributed by atoms with Gasteiger partial charge >= 0.3 is 5.97 Å². The van der Waals surface area contributed by atoms with Crippen LogP contribution in [0.25, 0.3) is 0 Å². The van der Waals surface area contributed by atoms with E-state index < -0.39 is 27.9 Å². The van der Waals surface area contributed by atoms with Crippen LogP contribution in [0.5, 0.6) is 5.75 Å². The van der Waals surface area contributed by atoms with E-state index in [1.165, 1.54) is 39.4 Å². The molecule has 0 aromatic heterocycles. The van der Waals surface area contributed by atoms with Crippen molar-refractivity contribution >= 4 is 40.0 Å². The molecule has 0 radical (unpaired) electrons. The normalized spacial score (nSPS) is 17.6. The third-order valence-electron chi connectivity index (χ3n) is 4.45. The number of ether oxygens (including phenoxy) is 1. The van der Waals surface area contributed by atoms with Gasteiger partial charge in [0.1, 0.15) is 16.7 Å². The lowest BCUT2D eigenvalue weighted by Gasteiger charge is -2.32. The molecule has 1 atom stereocenters. The van der Waals surface area contributed by atoms with Crippen LogP contribution in [0.3, 0.4) is 0 Å². The Bertz CT molecular complexity index is 815. The largest absolute Gasteiger partial charge is 0.495 e. The third-order valence-corrected chi connectivity index (χ3v) is 6.29. The van der Waals surface area contributed by atoms with Crippen LogP contribution in [0, 0.1) is 0 Å². The van der Waals surface area contributed by atoms with Gasteiger partial charge in [-0.2, -0.15) is 0 Å². The van der Waals surface area contributed by atoms with Crippen LogP contribution in [0.4, 0.5) is 5.69 Å². The summed E-state index contributed by atoms with van der Waals surface area (Å²) >= 11 is 0. The molecule has 0 spiro atoms. The molecule has 1 saturated heterocycles. The number of sulfonamides is 1. The van der Waals surface area contributed by atoms with E-state index in [0.717, 1.165) is 17.1 Å². The number of benzene rings is 1. The summed E-state index contributed by atoms with van der Waals surface area (Å²) in [6.07, 6.45) is 2.17. The number of carboxylic acids is 1. The molecule has 1 aromatic rings. The summed E-state index contributed by atoms with van der Waals surface area (Å²) in [6.45, 7) is 0.464. The first kappa shape index (κ1) is 24.2. The molecule has 2 N–H and O–H groups in total. The molecule has 0 saturated carbocycles. The molecule has 1 unspecified atom stereocenters. The molecular formula is C17H26ClN3O6S. The van der Waals surface area contributed by atoms with Crippen LogP contribution in [0.2, 0.25) is 0 Å². The van der Waals surface area contributed by atoms with Gasteiger partial charge in [-0.25, -0.2) is 12.7 Å². The Morgan fingerprint density at radius 3 is 2.57 bits per heavy atom. The van der Waals surface area contributed by atoms with Gasteiger partial charge in [-0.3, -0.25) is 14.5 Å². The van der Waals surface area contributed by atoms with Gasteiger partial charge in [0.25, 0.3) is 0 Å². The zero-order chi connectivity index (χ0) is 20.2. The van der Waals surface area contributed by atoms with E-state index in [9.17, 15) is 23.1 Å². The van der Waals surface area contributed by atoms with Crippen molar-refractivity contribution in [2.75, 3.05) is 39.6 Å². The lowest BCUT2D eigenvalue weighted by Crippen LogP contribution is -2.47. The lowest BCUT2D eigenvalue weighted by molar-refractivity contribution is -0.145. The molecule has 1 amide bonds. The maximum absolute atomic E-state index is 12.4. The van der Waals surface area contributed by atoms with Crippen molar-refractivity contribution in [3.8, 4) is 5.75 Å². The summed E-state index contributed by atoms with van der Waals surface area (Å²) in [7, 11) is 0.420. The fourth-order valence-electron chi connectivity index (χ4n) is 3.00. The predicted molar refractivity (Wildman–Crippen MR) is 107 cm³/mol. The number of amides is 1. The maximum atomic E-state index is 12.4. The minimum atomic E-state index is -3.76. The molecule has 1 aliphatic rings. The van der Waals surface area contributed by atoms with E-state index in [0.29, 0.717) is 18.7 Å². The van der Waals surface area contributed by atoms with Crippen molar-refractivity contribution in [2.45, 2.75) is 30.2 Å². The number of carboxylic acid groups (broad SMARTS) is 1. The number of halogens is 1. The topological polar surface area (TPSA) is 116 Å². The van der Waals surface area contributed by atoms with Crippen molar-refractivity contribution in [2.24, 2.45) is 0 Å². The number of aliphatic carboxylic acids is 1. The number of nitrogens with zero attached hydrogens (tertiary/aromatic N) is 2. The first-order valence-electron chi connectivity index (χ1n) is 8.54. The summed E-state index contributed by atoms with van der Waals surface area (Å²) < 4.78 is 31.1. The Labute approximate surface area is 171 Å². The van der Waals surface area contributed by atoms with E-state index >= 15 is 0 Å². The van der Waals surface area contributed by atoms with Crippen molar-refractivity contribution in [3.63, 3.8) is 0 Å². The number of hydrogen-bond donors (Lipinski definition) is 2. The van der Waals surface area contributed by atoms with Gasteiger partial charge in [0.2, 0.25) is 15.9 Å². The van der Waals surface area contributed by atoms with Gasteiger partial charge < -0.3 is 15.2 Å². The van der Waals surface area contributed by atoms with Gasteiger partial charge in [-0.1, -0.05) is 6.42 Å². The van der Waals surface area contributed by atoms with E-state index in [4.69, 9.17) is 4.74 Å². The Kier molecular flexibility index (Phi) is 8.68. The van der Waals surface area contributed by atoms with Crippen LogP contribution in [-0.4, -0.2) is 74.9 Å². The highest BCUT2D eigenvalue weighted by molar-refractivity contribution is 7.89. The number of anilines is 1. The minimum Gasteiger partial charge on any atom is -0.495 e. The Morgan fingerprint density at radius 1 is 1.32 bits per heavy atom. The van der Waals surface area contributed by atoms with E-state index in [2.05, 4.69) is 5.32 Å². The van der Waals surface area contributed by atoms with Gasteiger partial charge in [0.05, 0.1) is 13.7 Å². The van der Waals surface area contributed by atoms with Crippen LogP contribution >= 0.6 is 12.4 Å². The standard InChI is InChI=1S/C17H25N3O6S.ClH/c1-19(2)27(24,25)15-10-12(7-8-14(15)26-3)18-16(21)11-20-9-5-4-6-13(20)17(22)23;/h7-8,10,13H,4-6,9,11H2,1-3H3,(H,18,21)(H,22,23);1H. The molecule has 1 aliphatic heterocycles. The third kappa shape index (κ3) is 5.57. The monoisotopic (exact) mass is 435 g/mol. The fraction of sp³-hybridized carbons (Fsp3) is 0.529. The fourth-order valence-corrected chi connectivity index (χ4v) is 4.07. The van der Waals surface area contributed by atoms with Gasteiger partial charge in [-0.05, 0) is 37.6 Å². The van der Waals surface area contributed by atoms with E-state index in [1.807, 2.05) is 0 Å². The smallest absolute Gasteiger partial charge is 0.320 e. The second kappa shape index (κ2) is 10.1. The Hall–Kier alpha value is -1.88. The number of methoxy groups -OCH3 is 1. The first-order chi connectivity index (χ1) is 12.7. The molecule has 1 fully saturated rings. The summed E-state index contributed by atoms with van der Waals surface area (Å²) in [5.74, 6) is -1.17. The average Bonchev–Trinajstić information content (AvgIpc) is 2.61. The summed E-state index contributed by atoms with van der Waals surface area (Å²) in [4.78, 5) is 25.3. The average molecular weight is 436 g/mol. The van der Waals surface area contributed by atoms with Crippen LogP contribution in [0.15, 0.2) is 23.1 Å². The quantitative estimate of drug-likeness (QED) is 0.661. The zero-order valence-electron chi connectivity index (χ0n) is 16.0. The second-order valence-electron chi connectivity index (χ2n) is 6.52. The molecule has 9 nitrogen and oxygen atoms in total. The molecule has 1 heterocycles. The second-order valence-corrected chi connectivity index (χ2v) is 8.64. The molecule has 1 aromatic carbocycles. The Morgan fingerprint density at radius 2 is 2.00 bits per heavy atom. The summed E-state index contributed by atoms with van der Waals surface area (Å²) in [5, 5.41) is 11.9. The van der Waals surface area contributed by atoms with E-state index in [-0.39, 0.29) is 29.6 Å². The number of carbonyl (C=O) groups is 2. The molecule has 0 aliphatic carbocycles. The molecule has 11 heteroatoms. The van der Waals surface area contributed by atoms with Gasteiger partial charge in [0, 0.05) is 19.8 Å². The number of hydrogen-bond acceptors (Lipinski definition) is 6. The molecular weight excluding hydrogens is 410 g/mol. The maximum Gasteiger partial charge on any atom is 0.320 e. The number of piperidine rings is 1. The molecule has 2 rings (SSSR count). The van der Waals surface area contributed by atoms with Crippen molar-refractivity contribution in [3.05, 3.63) is 18.2 Å². The van der Waals surface area contributed by atoms with Gasteiger partial charge in [-0.15, -0.1) is 12.4 Å². The minimum absolute atomic E-state index is 0. The SMILES string of the molecule is COc1ccc(NC(=O)CN2CCCCC2C(=O)O)cc1S(=O)(=O)N(C)C.Cl.